The minimum absolute atomic E-state index is 0.0874. The Bertz CT molecular complexity index is 449. The number of nitrogens with zero attached hydrogens (tertiary/aromatic N) is 4. The molecule has 0 spiro atoms. The van der Waals surface area contributed by atoms with E-state index in [2.05, 4.69) is 15.0 Å². The molecule has 0 radical (unpaired) electrons. The fourth-order valence-corrected chi connectivity index (χ4v) is 1.09. The summed E-state index contributed by atoms with van der Waals surface area (Å²) in [5.74, 6) is -0.470. The van der Waals surface area contributed by atoms with E-state index >= 15 is 0 Å². The van der Waals surface area contributed by atoms with Crippen LogP contribution in [0.5, 0.6) is 0 Å². The number of carboxylic acids is 1. The lowest BCUT2D eigenvalue weighted by Gasteiger charge is -2.00. The van der Waals surface area contributed by atoms with Crippen molar-refractivity contribution in [1.29, 1.82) is 0 Å². The first-order chi connectivity index (χ1) is 7.25. The number of hydrogen-bond donors (Lipinski definition) is 1. The SMILES string of the molecule is O=C(O)c1cnc(Cn2ccnc2)nc1. The van der Waals surface area contributed by atoms with Crippen LogP contribution < -0.4 is 0 Å². The van der Waals surface area contributed by atoms with Crippen molar-refractivity contribution >= 4 is 5.97 Å². The van der Waals surface area contributed by atoms with E-state index in [0.29, 0.717) is 12.4 Å². The summed E-state index contributed by atoms with van der Waals surface area (Å²) in [4.78, 5) is 22.3. The van der Waals surface area contributed by atoms with Crippen LogP contribution in [0.4, 0.5) is 0 Å². The number of aromatic carboxylic acids is 1. The maximum Gasteiger partial charge on any atom is 0.338 e. The maximum absolute atomic E-state index is 10.5. The molecule has 0 fully saturated rings. The summed E-state index contributed by atoms with van der Waals surface area (Å²) in [6.45, 7) is 0.486. The van der Waals surface area contributed by atoms with Gasteiger partial charge in [-0.2, -0.15) is 0 Å². The molecule has 0 bridgehead atoms. The van der Waals surface area contributed by atoms with Gasteiger partial charge in [-0.3, -0.25) is 0 Å². The summed E-state index contributed by atoms with van der Waals surface area (Å²) in [5, 5.41) is 8.64. The molecular weight excluding hydrogens is 196 g/mol. The molecule has 0 aliphatic carbocycles. The van der Waals surface area contributed by atoms with E-state index in [1.807, 2.05) is 0 Å². The summed E-state index contributed by atoms with van der Waals surface area (Å²) in [5.41, 5.74) is 0.0874. The van der Waals surface area contributed by atoms with Gasteiger partial charge in [0, 0.05) is 24.8 Å². The van der Waals surface area contributed by atoms with Crippen molar-refractivity contribution in [2.24, 2.45) is 0 Å². The molecule has 0 unspecified atom stereocenters. The van der Waals surface area contributed by atoms with Crippen LogP contribution in [0.2, 0.25) is 0 Å². The summed E-state index contributed by atoms with van der Waals surface area (Å²) in [6.07, 6.45) is 7.68. The van der Waals surface area contributed by atoms with Crippen molar-refractivity contribution in [3.63, 3.8) is 0 Å². The molecule has 2 heterocycles. The Hall–Kier alpha value is -2.24. The van der Waals surface area contributed by atoms with Crippen molar-refractivity contribution in [2.75, 3.05) is 0 Å². The number of rotatable bonds is 3. The largest absolute Gasteiger partial charge is 0.478 e. The van der Waals surface area contributed by atoms with Crippen molar-refractivity contribution in [2.45, 2.75) is 6.54 Å². The summed E-state index contributed by atoms with van der Waals surface area (Å²) in [7, 11) is 0. The summed E-state index contributed by atoms with van der Waals surface area (Å²) in [6, 6.07) is 0. The number of carbonyl (C=O) groups is 1. The van der Waals surface area contributed by atoms with Crippen LogP contribution in [-0.2, 0) is 6.54 Å². The molecular formula is C9H8N4O2. The van der Waals surface area contributed by atoms with Gasteiger partial charge >= 0.3 is 5.97 Å². The highest BCUT2D eigenvalue weighted by Crippen LogP contribution is 1.98. The number of carboxylic acid groups (broad SMARTS) is 1. The van der Waals surface area contributed by atoms with Crippen LogP contribution in [-0.4, -0.2) is 30.6 Å². The van der Waals surface area contributed by atoms with Gasteiger partial charge < -0.3 is 9.67 Å². The van der Waals surface area contributed by atoms with Crippen LogP contribution in [0.3, 0.4) is 0 Å². The Labute approximate surface area is 85.3 Å². The van der Waals surface area contributed by atoms with Gasteiger partial charge in [0.25, 0.3) is 0 Å². The highest BCUT2D eigenvalue weighted by molar-refractivity contribution is 5.86. The molecule has 2 rings (SSSR count). The van der Waals surface area contributed by atoms with Gasteiger partial charge in [-0.05, 0) is 0 Å². The fraction of sp³-hybridized carbons (Fsp3) is 0.111. The maximum atomic E-state index is 10.5. The van der Waals surface area contributed by atoms with Gasteiger partial charge in [0.15, 0.2) is 0 Å². The lowest BCUT2D eigenvalue weighted by Crippen LogP contribution is -2.05. The number of hydrogen-bond acceptors (Lipinski definition) is 4. The molecule has 2 aromatic rings. The molecule has 6 heteroatoms. The van der Waals surface area contributed by atoms with Crippen LogP contribution in [0.15, 0.2) is 31.1 Å². The predicted octanol–water partition coefficient (Wildman–Crippen LogP) is 0.420. The predicted molar refractivity (Wildman–Crippen MR) is 50.3 cm³/mol. The Morgan fingerprint density at radius 3 is 2.67 bits per heavy atom. The zero-order valence-corrected chi connectivity index (χ0v) is 7.74. The quantitative estimate of drug-likeness (QED) is 0.783. The highest BCUT2D eigenvalue weighted by atomic mass is 16.4. The van der Waals surface area contributed by atoms with Crippen LogP contribution in [0.1, 0.15) is 16.2 Å². The minimum Gasteiger partial charge on any atom is -0.478 e. The molecule has 0 aromatic carbocycles. The standard InChI is InChI=1S/C9H8N4O2/c14-9(15)7-3-11-8(12-4-7)5-13-2-1-10-6-13/h1-4,6H,5H2,(H,14,15). The zero-order valence-electron chi connectivity index (χ0n) is 7.74. The van der Waals surface area contributed by atoms with Crippen molar-refractivity contribution in [3.8, 4) is 0 Å². The smallest absolute Gasteiger partial charge is 0.338 e. The van der Waals surface area contributed by atoms with Gasteiger partial charge in [0.2, 0.25) is 0 Å². The first kappa shape index (κ1) is 9.32. The first-order valence-electron chi connectivity index (χ1n) is 4.25. The molecule has 1 N–H and O–H groups in total. The Balaban J connectivity index is 2.14. The lowest BCUT2D eigenvalue weighted by molar-refractivity contribution is 0.0696. The third kappa shape index (κ3) is 2.16. The van der Waals surface area contributed by atoms with Crippen molar-refractivity contribution in [1.82, 2.24) is 19.5 Å². The molecule has 2 aromatic heterocycles. The third-order valence-corrected chi connectivity index (χ3v) is 1.84. The van der Waals surface area contributed by atoms with E-state index in [0.717, 1.165) is 0 Å². The number of aromatic nitrogens is 4. The van der Waals surface area contributed by atoms with E-state index in [9.17, 15) is 4.79 Å². The molecule has 0 aliphatic heterocycles. The first-order valence-corrected chi connectivity index (χ1v) is 4.25. The van der Waals surface area contributed by atoms with Crippen LogP contribution in [0, 0.1) is 0 Å². The van der Waals surface area contributed by atoms with E-state index in [-0.39, 0.29) is 5.56 Å². The zero-order chi connectivity index (χ0) is 10.7. The molecule has 15 heavy (non-hydrogen) atoms. The Morgan fingerprint density at radius 1 is 1.40 bits per heavy atom. The molecule has 0 aliphatic rings. The van der Waals surface area contributed by atoms with Crippen molar-refractivity contribution in [3.05, 3.63) is 42.5 Å². The van der Waals surface area contributed by atoms with E-state index < -0.39 is 5.97 Å². The fourth-order valence-electron chi connectivity index (χ4n) is 1.09. The Kier molecular flexibility index (Phi) is 2.40. The molecule has 0 saturated heterocycles. The molecule has 0 amide bonds. The van der Waals surface area contributed by atoms with Crippen LogP contribution in [0.25, 0.3) is 0 Å². The lowest BCUT2D eigenvalue weighted by atomic mass is 10.3. The molecule has 0 saturated carbocycles. The summed E-state index contributed by atoms with van der Waals surface area (Å²) < 4.78 is 1.80. The minimum atomic E-state index is -1.02. The van der Waals surface area contributed by atoms with Gasteiger partial charge in [0.05, 0.1) is 18.4 Å². The Morgan fingerprint density at radius 2 is 2.13 bits per heavy atom. The van der Waals surface area contributed by atoms with Gasteiger partial charge in [-0.15, -0.1) is 0 Å². The second-order valence-corrected chi connectivity index (χ2v) is 2.93. The van der Waals surface area contributed by atoms with E-state index in [1.54, 1.807) is 23.3 Å². The van der Waals surface area contributed by atoms with Gasteiger partial charge in [-0.1, -0.05) is 0 Å². The van der Waals surface area contributed by atoms with Gasteiger partial charge in [-0.25, -0.2) is 19.7 Å². The second-order valence-electron chi connectivity index (χ2n) is 2.93. The second kappa shape index (κ2) is 3.87. The van der Waals surface area contributed by atoms with Crippen molar-refractivity contribution < 1.29 is 9.90 Å². The van der Waals surface area contributed by atoms with E-state index in [4.69, 9.17) is 5.11 Å². The molecule has 0 atom stereocenters. The average Bonchev–Trinajstić information content (AvgIpc) is 2.71. The number of imidazole rings is 1. The van der Waals surface area contributed by atoms with E-state index in [1.165, 1.54) is 12.4 Å². The summed E-state index contributed by atoms with van der Waals surface area (Å²) >= 11 is 0. The normalized spacial score (nSPS) is 10.1. The van der Waals surface area contributed by atoms with Gasteiger partial charge in [0.1, 0.15) is 5.82 Å². The third-order valence-electron chi connectivity index (χ3n) is 1.84. The van der Waals surface area contributed by atoms with Crippen LogP contribution >= 0.6 is 0 Å². The molecule has 76 valence electrons. The topological polar surface area (TPSA) is 80.9 Å². The monoisotopic (exact) mass is 204 g/mol. The average molecular weight is 204 g/mol. The molecule has 6 nitrogen and oxygen atoms in total. The highest BCUT2D eigenvalue weighted by Gasteiger charge is 2.04.